The van der Waals surface area contributed by atoms with Crippen LogP contribution >= 0.6 is 0 Å². The molecule has 1 N–H and O–H groups in total. The third-order valence-corrected chi connectivity index (χ3v) is 8.69. The van der Waals surface area contributed by atoms with E-state index in [0.717, 1.165) is 47.4 Å². The average molecular weight is 580 g/mol. The van der Waals surface area contributed by atoms with Gasteiger partial charge >= 0.3 is 0 Å². The van der Waals surface area contributed by atoms with E-state index in [1.54, 1.807) is 24.3 Å². The van der Waals surface area contributed by atoms with Crippen LogP contribution in [0.5, 0.6) is 0 Å². The highest BCUT2D eigenvalue weighted by Gasteiger charge is 2.34. The van der Waals surface area contributed by atoms with Gasteiger partial charge in [0.25, 0.3) is 0 Å². The maximum Gasteiger partial charge on any atom is 0.244 e. The number of aryl methyl sites for hydroxylation is 1. The second-order valence-electron chi connectivity index (χ2n) is 10.6. The Kier molecular flexibility index (Phi) is 10.2. The molecular weight excluding hydrogens is 541 g/mol. The molecule has 9 heteroatoms. The van der Waals surface area contributed by atoms with Gasteiger partial charge in [0, 0.05) is 19.0 Å². The number of para-hydroxylation sites is 1. The molecule has 1 aliphatic rings. The van der Waals surface area contributed by atoms with Crippen molar-refractivity contribution in [2.24, 2.45) is 0 Å². The monoisotopic (exact) mass is 579 g/mol. The zero-order valence-corrected chi connectivity index (χ0v) is 24.4. The van der Waals surface area contributed by atoms with E-state index in [1.165, 1.54) is 17.0 Å². The van der Waals surface area contributed by atoms with Crippen molar-refractivity contribution >= 4 is 27.5 Å². The predicted molar refractivity (Wildman–Crippen MR) is 159 cm³/mol. The molecule has 3 aromatic rings. The molecule has 1 atom stereocenters. The van der Waals surface area contributed by atoms with Gasteiger partial charge in [-0.2, -0.15) is 0 Å². The van der Waals surface area contributed by atoms with Crippen molar-refractivity contribution in [3.05, 3.63) is 101 Å². The van der Waals surface area contributed by atoms with Gasteiger partial charge in [-0.3, -0.25) is 13.9 Å². The minimum atomic E-state index is -3.85. The summed E-state index contributed by atoms with van der Waals surface area (Å²) >= 11 is 0. The fourth-order valence-electron chi connectivity index (χ4n) is 5.36. The Bertz CT molecular complexity index is 1420. The lowest BCUT2D eigenvalue weighted by molar-refractivity contribution is -0.140. The first-order valence-electron chi connectivity index (χ1n) is 14.1. The summed E-state index contributed by atoms with van der Waals surface area (Å²) in [6.07, 6.45) is 5.73. The number of amides is 2. The molecule has 0 aromatic heterocycles. The molecule has 1 aliphatic carbocycles. The molecule has 1 fully saturated rings. The Hall–Kier alpha value is -3.72. The third-order valence-electron chi connectivity index (χ3n) is 7.56. The number of nitrogens with one attached hydrogen (secondary N) is 1. The highest BCUT2D eigenvalue weighted by molar-refractivity contribution is 7.92. The van der Waals surface area contributed by atoms with Crippen LogP contribution < -0.4 is 9.62 Å². The smallest absolute Gasteiger partial charge is 0.244 e. The zero-order chi connectivity index (χ0) is 29.4. The van der Waals surface area contributed by atoms with Crippen LogP contribution in [0.25, 0.3) is 0 Å². The maximum atomic E-state index is 14.2. The largest absolute Gasteiger partial charge is 0.352 e. The minimum absolute atomic E-state index is 0.0156. The van der Waals surface area contributed by atoms with Gasteiger partial charge in [-0.15, -0.1) is 0 Å². The first kappa shape index (κ1) is 30.2. The molecule has 0 radical (unpaired) electrons. The van der Waals surface area contributed by atoms with Gasteiger partial charge in [0.05, 0.1) is 11.9 Å². The van der Waals surface area contributed by atoms with Crippen LogP contribution in [0, 0.1) is 5.82 Å². The van der Waals surface area contributed by atoms with Crippen LogP contribution in [0.1, 0.15) is 49.3 Å². The van der Waals surface area contributed by atoms with Gasteiger partial charge in [-0.25, -0.2) is 12.8 Å². The molecule has 0 spiro atoms. The lowest BCUT2D eigenvalue weighted by Crippen LogP contribution is -2.54. The van der Waals surface area contributed by atoms with Gasteiger partial charge in [-0.05, 0) is 54.2 Å². The van der Waals surface area contributed by atoms with Crippen LogP contribution in [-0.4, -0.2) is 50.0 Å². The molecule has 3 aromatic carbocycles. The number of carbonyl (C=O) groups excluding carboxylic acids is 2. The van der Waals surface area contributed by atoms with Crippen molar-refractivity contribution in [2.45, 2.75) is 64.1 Å². The summed E-state index contributed by atoms with van der Waals surface area (Å²) in [7, 11) is -3.85. The van der Waals surface area contributed by atoms with Crippen molar-refractivity contribution < 1.29 is 22.4 Å². The molecule has 41 heavy (non-hydrogen) atoms. The topological polar surface area (TPSA) is 86.8 Å². The van der Waals surface area contributed by atoms with Crippen LogP contribution in [0.2, 0.25) is 0 Å². The number of carbonyl (C=O) groups is 2. The molecule has 218 valence electrons. The van der Waals surface area contributed by atoms with Gasteiger partial charge in [-0.1, -0.05) is 80.4 Å². The lowest BCUT2D eigenvalue weighted by atomic mass is 10.0. The SMILES string of the molecule is CCc1ccccc1N(CC(=O)N(Cc1ccc(F)cc1)C(Cc1ccccc1)C(=O)NC1CCCC1)S(C)(=O)=O. The number of halogens is 1. The highest BCUT2D eigenvalue weighted by atomic mass is 32.2. The summed E-state index contributed by atoms with van der Waals surface area (Å²) in [5.74, 6) is -1.21. The highest BCUT2D eigenvalue weighted by Crippen LogP contribution is 2.25. The first-order chi connectivity index (χ1) is 19.7. The maximum absolute atomic E-state index is 14.2. The van der Waals surface area contributed by atoms with Crippen LogP contribution in [0.3, 0.4) is 0 Å². The van der Waals surface area contributed by atoms with Gasteiger partial charge in [0.2, 0.25) is 21.8 Å². The molecule has 7 nitrogen and oxygen atoms in total. The summed E-state index contributed by atoms with van der Waals surface area (Å²) in [4.78, 5) is 29.5. The molecule has 0 aliphatic heterocycles. The van der Waals surface area contributed by atoms with E-state index in [9.17, 15) is 22.4 Å². The number of anilines is 1. The number of sulfonamides is 1. The van der Waals surface area contributed by atoms with Crippen LogP contribution in [0.4, 0.5) is 10.1 Å². The Balaban J connectivity index is 1.73. The number of nitrogens with zero attached hydrogens (tertiary/aromatic N) is 2. The Labute approximate surface area is 242 Å². The van der Waals surface area contributed by atoms with Gasteiger partial charge < -0.3 is 10.2 Å². The van der Waals surface area contributed by atoms with Crippen LogP contribution in [0.15, 0.2) is 78.9 Å². The van der Waals surface area contributed by atoms with Gasteiger partial charge in [0.15, 0.2) is 0 Å². The number of benzene rings is 3. The lowest BCUT2D eigenvalue weighted by Gasteiger charge is -2.34. The zero-order valence-electron chi connectivity index (χ0n) is 23.6. The number of rotatable bonds is 12. The predicted octanol–water partition coefficient (Wildman–Crippen LogP) is 4.85. The van der Waals surface area contributed by atoms with E-state index in [-0.39, 0.29) is 24.9 Å². The summed E-state index contributed by atoms with van der Waals surface area (Å²) in [5.41, 5.74) is 2.72. The van der Waals surface area contributed by atoms with Crippen molar-refractivity contribution in [1.29, 1.82) is 0 Å². The number of hydrogen-bond donors (Lipinski definition) is 1. The summed E-state index contributed by atoms with van der Waals surface area (Å²) < 4.78 is 40.9. The average Bonchev–Trinajstić information content (AvgIpc) is 3.47. The van der Waals surface area contributed by atoms with Crippen molar-refractivity contribution in [3.8, 4) is 0 Å². The van der Waals surface area contributed by atoms with E-state index in [2.05, 4.69) is 5.32 Å². The standard InChI is InChI=1S/C32H38FN3O4S/c1-3-26-13-7-10-16-29(26)36(41(2,39)40)23-31(37)35(22-25-17-19-27(33)20-18-25)30(21-24-11-5-4-6-12-24)32(38)34-28-14-8-9-15-28/h4-7,10-13,16-20,28,30H,3,8-9,14-15,21-23H2,1-2H3,(H,34,38). The Morgan fingerprint density at radius 3 is 2.20 bits per heavy atom. The Morgan fingerprint density at radius 2 is 1.56 bits per heavy atom. The summed E-state index contributed by atoms with van der Waals surface area (Å²) in [5, 5.41) is 3.14. The minimum Gasteiger partial charge on any atom is -0.352 e. The molecule has 1 unspecified atom stereocenters. The molecular formula is C32H38FN3O4S. The summed E-state index contributed by atoms with van der Waals surface area (Å²) in [6, 6.07) is 21.4. The second-order valence-corrected chi connectivity index (χ2v) is 12.5. The fraction of sp³-hybridized carbons (Fsp3) is 0.375. The molecule has 2 amide bonds. The van der Waals surface area contributed by atoms with Gasteiger partial charge in [0.1, 0.15) is 18.4 Å². The third kappa shape index (κ3) is 8.16. The first-order valence-corrected chi connectivity index (χ1v) is 15.9. The summed E-state index contributed by atoms with van der Waals surface area (Å²) in [6.45, 7) is 1.46. The second kappa shape index (κ2) is 13.8. The van der Waals surface area contributed by atoms with E-state index < -0.39 is 34.3 Å². The van der Waals surface area contributed by atoms with E-state index in [1.807, 2.05) is 49.4 Å². The van der Waals surface area contributed by atoms with Crippen molar-refractivity contribution in [2.75, 3.05) is 17.1 Å². The quantitative estimate of drug-likeness (QED) is 0.332. The molecule has 1 saturated carbocycles. The molecule has 0 heterocycles. The normalized spacial score (nSPS) is 14.4. The molecule has 0 bridgehead atoms. The number of hydrogen-bond acceptors (Lipinski definition) is 4. The van der Waals surface area contributed by atoms with Crippen molar-refractivity contribution in [1.82, 2.24) is 10.2 Å². The Morgan fingerprint density at radius 1 is 0.927 bits per heavy atom. The van der Waals surface area contributed by atoms with E-state index in [0.29, 0.717) is 17.7 Å². The van der Waals surface area contributed by atoms with E-state index in [4.69, 9.17) is 0 Å². The molecule has 4 rings (SSSR count). The fourth-order valence-corrected chi connectivity index (χ4v) is 6.24. The van der Waals surface area contributed by atoms with E-state index >= 15 is 0 Å². The van der Waals surface area contributed by atoms with Crippen molar-refractivity contribution in [3.63, 3.8) is 0 Å². The van der Waals surface area contributed by atoms with Crippen LogP contribution in [-0.2, 0) is 39.0 Å². The molecule has 0 saturated heterocycles.